The van der Waals surface area contributed by atoms with Crippen LogP contribution in [0.25, 0.3) is 10.9 Å². The monoisotopic (exact) mass is 361 g/mol. The quantitative estimate of drug-likeness (QED) is 0.863. The molecule has 2 N–H and O–H groups in total. The fourth-order valence-electron chi connectivity index (χ4n) is 2.84. The van der Waals surface area contributed by atoms with Crippen molar-refractivity contribution >= 4 is 50.0 Å². The normalized spacial score (nSPS) is 21.4. The molecule has 3 heterocycles. The number of hydrogen-bond donors (Lipinski definition) is 2. The fourth-order valence-corrected chi connectivity index (χ4v) is 4.80. The van der Waals surface area contributed by atoms with Crippen LogP contribution in [-0.4, -0.2) is 37.5 Å². The zero-order chi connectivity index (χ0) is 15.5. The summed E-state index contributed by atoms with van der Waals surface area (Å²) in [7, 11) is -3.58. The summed E-state index contributed by atoms with van der Waals surface area (Å²) in [6.45, 7) is 1.93. The maximum absolute atomic E-state index is 12.4. The molecule has 1 aromatic carbocycles. The van der Waals surface area contributed by atoms with Crippen LogP contribution in [0.15, 0.2) is 12.3 Å². The molecule has 6 nitrogen and oxygen atoms in total. The predicted octanol–water partition coefficient (Wildman–Crippen LogP) is 2.59. The van der Waals surface area contributed by atoms with Crippen LogP contribution in [0.5, 0.6) is 0 Å². The smallest absolute Gasteiger partial charge is 0.302 e. The number of halogens is 2. The summed E-state index contributed by atoms with van der Waals surface area (Å²) in [5.41, 5.74) is 1.96. The van der Waals surface area contributed by atoms with E-state index in [2.05, 4.69) is 9.71 Å². The van der Waals surface area contributed by atoms with Crippen molar-refractivity contribution in [3.63, 3.8) is 0 Å². The van der Waals surface area contributed by atoms with E-state index in [1.165, 1.54) is 4.31 Å². The number of benzene rings is 1. The van der Waals surface area contributed by atoms with Gasteiger partial charge in [-0.15, -0.1) is 0 Å². The highest BCUT2D eigenvalue weighted by Gasteiger charge is 2.34. The zero-order valence-corrected chi connectivity index (χ0v) is 13.7. The Hall–Kier alpha value is -0.990. The topological polar surface area (TPSA) is 74.4 Å². The average molecular weight is 362 g/mol. The Bertz CT molecular complexity index is 861. The SMILES string of the molecule is O=S1(=O)Nc2c(cc(Cl)c3c(Cl)c[nH]c23)CN1CC1COC1. The molecule has 4 rings (SSSR count). The van der Waals surface area contributed by atoms with E-state index in [0.717, 1.165) is 5.56 Å². The number of H-pyrrole nitrogens is 1. The molecule has 0 radical (unpaired) electrons. The van der Waals surface area contributed by atoms with Gasteiger partial charge in [0.05, 0.1) is 34.5 Å². The summed E-state index contributed by atoms with van der Waals surface area (Å²) in [4.78, 5) is 2.99. The molecule has 0 amide bonds. The molecule has 9 heteroatoms. The number of aromatic nitrogens is 1. The number of anilines is 1. The van der Waals surface area contributed by atoms with E-state index >= 15 is 0 Å². The van der Waals surface area contributed by atoms with Gasteiger partial charge in [-0.25, -0.2) is 0 Å². The van der Waals surface area contributed by atoms with Gasteiger partial charge in [0.1, 0.15) is 0 Å². The Kier molecular flexibility index (Phi) is 3.32. The van der Waals surface area contributed by atoms with Gasteiger partial charge < -0.3 is 9.72 Å². The molecule has 118 valence electrons. The van der Waals surface area contributed by atoms with Crippen LogP contribution in [0.1, 0.15) is 5.56 Å². The third-order valence-corrected chi connectivity index (χ3v) is 6.05. The second-order valence-corrected chi connectivity index (χ2v) is 8.07. The molecular weight excluding hydrogens is 349 g/mol. The summed E-state index contributed by atoms with van der Waals surface area (Å²) in [6, 6.07) is 1.77. The first-order valence-corrected chi connectivity index (χ1v) is 8.99. The van der Waals surface area contributed by atoms with E-state index in [1.54, 1.807) is 12.3 Å². The Morgan fingerprint density at radius 3 is 2.77 bits per heavy atom. The minimum Gasteiger partial charge on any atom is -0.381 e. The Morgan fingerprint density at radius 1 is 1.32 bits per heavy atom. The van der Waals surface area contributed by atoms with Gasteiger partial charge in [0.2, 0.25) is 0 Å². The minimum absolute atomic E-state index is 0.247. The van der Waals surface area contributed by atoms with Gasteiger partial charge in [-0.2, -0.15) is 12.7 Å². The van der Waals surface area contributed by atoms with Crippen molar-refractivity contribution in [3.05, 3.63) is 27.9 Å². The highest BCUT2D eigenvalue weighted by Crippen LogP contribution is 2.40. The number of hydrogen-bond acceptors (Lipinski definition) is 3. The molecule has 1 aromatic heterocycles. The largest absolute Gasteiger partial charge is 0.381 e. The number of rotatable bonds is 2. The second-order valence-electron chi connectivity index (χ2n) is 5.58. The lowest BCUT2D eigenvalue weighted by molar-refractivity contribution is -0.0388. The fraction of sp³-hybridized carbons (Fsp3) is 0.385. The molecule has 1 fully saturated rings. The average Bonchev–Trinajstić information content (AvgIpc) is 2.78. The third kappa shape index (κ3) is 2.19. The number of aromatic amines is 1. The van der Waals surface area contributed by atoms with Crippen molar-refractivity contribution in [1.29, 1.82) is 0 Å². The van der Waals surface area contributed by atoms with Crippen LogP contribution in [0.3, 0.4) is 0 Å². The van der Waals surface area contributed by atoms with E-state index in [-0.39, 0.29) is 12.5 Å². The van der Waals surface area contributed by atoms with Gasteiger partial charge in [-0.05, 0) is 11.6 Å². The van der Waals surface area contributed by atoms with Crippen LogP contribution in [-0.2, 0) is 21.5 Å². The Morgan fingerprint density at radius 2 is 2.09 bits per heavy atom. The van der Waals surface area contributed by atoms with Crippen LogP contribution < -0.4 is 4.72 Å². The summed E-state index contributed by atoms with van der Waals surface area (Å²) >= 11 is 12.4. The first-order chi connectivity index (χ1) is 10.5. The Balaban J connectivity index is 1.79. The number of fused-ring (bicyclic) bond motifs is 3. The number of ether oxygens (including phenoxy) is 1. The van der Waals surface area contributed by atoms with E-state index in [4.69, 9.17) is 27.9 Å². The maximum atomic E-state index is 12.4. The second kappa shape index (κ2) is 5.01. The predicted molar refractivity (Wildman–Crippen MR) is 85.6 cm³/mol. The molecule has 0 aliphatic carbocycles. The lowest BCUT2D eigenvalue weighted by Crippen LogP contribution is -2.46. The van der Waals surface area contributed by atoms with Crippen LogP contribution >= 0.6 is 23.2 Å². The molecular formula is C13H13Cl2N3O3S. The summed E-state index contributed by atoms with van der Waals surface area (Å²) in [6.07, 6.45) is 1.60. The highest BCUT2D eigenvalue weighted by molar-refractivity contribution is 7.90. The van der Waals surface area contributed by atoms with Gasteiger partial charge in [-0.1, -0.05) is 23.2 Å². The third-order valence-electron chi connectivity index (χ3n) is 4.03. The van der Waals surface area contributed by atoms with E-state index < -0.39 is 10.2 Å². The van der Waals surface area contributed by atoms with Crippen molar-refractivity contribution in [2.45, 2.75) is 6.54 Å². The van der Waals surface area contributed by atoms with Gasteiger partial charge in [0, 0.05) is 30.6 Å². The molecule has 1 saturated heterocycles. The van der Waals surface area contributed by atoms with Crippen LogP contribution in [0.2, 0.25) is 10.0 Å². The van der Waals surface area contributed by atoms with Gasteiger partial charge in [0.25, 0.3) is 0 Å². The summed E-state index contributed by atoms with van der Waals surface area (Å²) in [5.74, 6) is 0.247. The number of nitrogens with zero attached hydrogens (tertiary/aromatic N) is 1. The zero-order valence-electron chi connectivity index (χ0n) is 11.4. The number of nitrogens with one attached hydrogen (secondary N) is 2. The molecule has 2 aromatic rings. The van der Waals surface area contributed by atoms with Crippen molar-refractivity contribution in [2.75, 3.05) is 24.5 Å². The van der Waals surface area contributed by atoms with Crippen molar-refractivity contribution in [1.82, 2.24) is 9.29 Å². The molecule has 0 unspecified atom stereocenters. The van der Waals surface area contributed by atoms with Crippen molar-refractivity contribution in [2.24, 2.45) is 5.92 Å². The molecule has 2 aliphatic heterocycles. The van der Waals surface area contributed by atoms with Gasteiger partial charge in [0.15, 0.2) is 0 Å². The first-order valence-electron chi connectivity index (χ1n) is 6.79. The molecule has 2 aliphatic rings. The lowest BCUT2D eigenvalue weighted by Gasteiger charge is -2.35. The van der Waals surface area contributed by atoms with E-state index in [9.17, 15) is 8.42 Å². The van der Waals surface area contributed by atoms with Crippen LogP contribution in [0.4, 0.5) is 5.69 Å². The molecule has 0 atom stereocenters. The molecule has 0 spiro atoms. The lowest BCUT2D eigenvalue weighted by atomic mass is 10.1. The van der Waals surface area contributed by atoms with Crippen molar-refractivity contribution < 1.29 is 13.2 Å². The van der Waals surface area contributed by atoms with Gasteiger partial charge in [-0.3, -0.25) is 4.72 Å². The van der Waals surface area contributed by atoms with Crippen molar-refractivity contribution in [3.8, 4) is 0 Å². The maximum Gasteiger partial charge on any atom is 0.302 e. The van der Waals surface area contributed by atoms with Crippen LogP contribution in [0, 0.1) is 5.92 Å². The van der Waals surface area contributed by atoms with E-state index in [1.807, 2.05) is 0 Å². The molecule has 22 heavy (non-hydrogen) atoms. The highest BCUT2D eigenvalue weighted by atomic mass is 35.5. The Labute approximate surface area is 137 Å². The van der Waals surface area contributed by atoms with E-state index in [0.29, 0.717) is 46.4 Å². The standard InChI is InChI=1S/C13H13Cl2N3O3S/c14-9-1-8-4-18(3-7-5-21-6-7)22(19,20)17-12(8)13-11(9)10(15)2-16-13/h1-2,7,16-17H,3-6H2. The van der Waals surface area contributed by atoms with Gasteiger partial charge >= 0.3 is 10.2 Å². The first kappa shape index (κ1) is 14.6. The molecule has 0 saturated carbocycles. The molecule has 0 bridgehead atoms. The summed E-state index contributed by atoms with van der Waals surface area (Å²) in [5, 5.41) is 1.61. The minimum atomic E-state index is -3.58. The summed E-state index contributed by atoms with van der Waals surface area (Å²) < 4.78 is 34.1.